The van der Waals surface area contributed by atoms with E-state index in [1.54, 1.807) is 0 Å². The van der Waals surface area contributed by atoms with Crippen LogP contribution >= 0.6 is 0 Å². The second-order valence-corrected chi connectivity index (χ2v) is 19.1. The summed E-state index contributed by atoms with van der Waals surface area (Å²) in [6, 6.07) is 60.3. The molecule has 0 saturated heterocycles. The molecule has 7 aromatic rings. The van der Waals surface area contributed by atoms with Crippen molar-refractivity contribution in [1.29, 1.82) is 0 Å². The van der Waals surface area contributed by atoms with Crippen LogP contribution in [-0.2, 0) is 5.41 Å². The molecule has 10 rings (SSSR count). The fraction of sp³-hybridized carbons (Fsp3) is 0.267. The van der Waals surface area contributed by atoms with Crippen LogP contribution < -0.4 is 9.80 Å². The Bertz CT molecular complexity index is 2670. The molecular weight excluding hydrogens is 749 g/mol. The zero-order valence-corrected chi connectivity index (χ0v) is 37.7. The van der Waals surface area contributed by atoms with Crippen molar-refractivity contribution in [2.24, 2.45) is 0 Å². The van der Waals surface area contributed by atoms with E-state index in [9.17, 15) is 0 Å². The van der Waals surface area contributed by atoms with E-state index in [4.69, 9.17) is 0 Å². The van der Waals surface area contributed by atoms with Crippen LogP contribution in [0.3, 0.4) is 0 Å². The highest BCUT2D eigenvalue weighted by atomic mass is 15.2. The maximum Gasteiger partial charge on any atom is 0.0754 e. The number of fused-ring (bicyclic) bond motifs is 9. The maximum atomic E-state index is 2.68. The van der Waals surface area contributed by atoms with Crippen molar-refractivity contribution >= 4 is 22.7 Å². The van der Waals surface area contributed by atoms with E-state index in [1.807, 2.05) is 0 Å². The van der Waals surface area contributed by atoms with Gasteiger partial charge in [0.25, 0.3) is 0 Å². The van der Waals surface area contributed by atoms with Crippen LogP contribution in [0.5, 0.6) is 0 Å². The molecule has 2 heteroatoms. The minimum absolute atomic E-state index is 0.0968. The van der Waals surface area contributed by atoms with Crippen LogP contribution in [0.1, 0.15) is 153 Å². The summed E-state index contributed by atoms with van der Waals surface area (Å²) < 4.78 is 0. The van der Waals surface area contributed by atoms with E-state index in [-0.39, 0.29) is 12.0 Å². The van der Waals surface area contributed by atoms with E-state index >= 15 is 0 Å². The number of allylic oxidation sites excluding steroid dienone is 1. The first-order chi connectivity index (χ1) is 30.1. The highest BCUT2D eigenvalue weighted by Crippen LogP contribution is 2.63. The minimum atomic E-state index is -0.422. The first kappa shape index (κ1) is 40.0. The lowest BCUT2D eigenvalue weighted by molar-refractivity contribution is 0.510. The van der Waals surface area contributed by atoms with Crippen LogP contribution in [0, 0.1) is 0 Å². The molecule has 3 aliphatic rings. The summed E-state index contributed by atoms with van der Waals surface area (Å²) in [5.74, 6) is 1.87. The molecule has 2 unspecified atom stereocenters. The second kappa shape index (κ2) is 15.7. The van der Waals surface area contributed by atoms with Gasteiger partial charge < -0.3 is 9.80 Å². The molecule has 2 atom stereocenters. The lowest BCUT2D eigenvalue weighted by Gasteiger charge is -2.45. The number of hydrogen-bond donors (Lipinski definition) is 0. The molecule has 2 nitrogen and oxygen atoms in total. The highest BCUT2D eigenvalue weighted by molar-refractivity contribution is 5.95. The van der Waals surface area contributed by atoms with Crippen LogP contribution in [-0.4, -0.2) is 0 Å². The molecule has 0 bridgehead atoms. The standard InChI is InChI=1S/C60H60N2/c1-38(2)44-22-17-23-45(39(3)4)57(44)50-26-19-37-61(59-46(40(5)6)24-18-25-47(59)41(7)8)58(50)42-33-35-43(36-34-42)62-55-31-15-13-29-53(55)60(54-30-14-16-32-56(54)62)51-27-11-9-20-48(51)49-21-10-12-28-52(49)60/h9-25,27-41,50,58H,26H2,1-8H3. The van der Waals surface area contributed by atoms with Gasteiger partial charge in [0.05, 0.1) is 22.8 Å². The monoisotopic (exact) mass is 808 g/mol. The van der Waals surface area contributed by atoms with Crippen molar-refractivity contribution in [3.63, 3.8) is 0 Å². The van der Waals surface area contributed by atoms with Gasteiger partial charge >= 0.3 is 0 Å². The van der Waals surface area contributed by atoms with Gasteiger partial charge in [-0.15, -0.1) is 0 Å². The molecule has 1 spiro atoms. The third-order valence-electron chi connectivity index (χ3n) is 14.3. The van der Waals surface area contributed by atoms with E-state index < -0.39 is 5.41 Å². The molecule has 2 aliphatic heterocycles. The van der Waals surface area contributed by atoms with E-state index in [0.717, 1.165) is 6.42 Å². The van der Waals surface area contributed by atoms with Gasteiger partial charge in [-0.1, -0.05) is 195 Å². The molecular formula is C60H60N2. The van der Waals surface area contributed by atoms with Crippen molar-refractivity contribution in [3.8, 4) is 11.1 Å². The molecule has 1 aliphatic carbocycles. The summed E-state index contributed by atoms with van der Waals surface area (Å²) in [6.45, 7) is 18.9. The van der Waals surface area contributed by atoms with Gasteiger partial charge in [-0.2, -0.15) is 0 Å². The van der Waals surface area contributed by atoms with Crippen LogP contribution in [0.2, 0.25) is 0 Å². The van der Waals surface area contributed by atoms with Crippen LogP contribution in [0.4, 0.5) is 22.7 Å². The van der Waals surface area contributed by atoms with Crippen molar-refractivity contribution in [3.05, 3.63) is 226 Å². The molecule has 2 heterocycles. The van der Waals surface area contributed by atoms with E-state index in [2.05, 4.69) is 235 Å². The average molecular weight is 809 g/mol. The highest BCUT2D eigenvalue weighted by Gasteiger charge is 2.51. The second-order valence-electron chi connectivity index (χ2n) is 19.1. The van der Waals surface area contributed by atoms with Gasteiger partial charge in [0.2, 0.25) is 0 Å². The molecule has 0 aromatic heterocycles. The summed E-state index contributed by atoms with van der Waals surface area (Å²) in [5, 5.41) is 0. The Kier molecular flexibility index (Phi) is 10.1. The predicted octanol–water partition coefficient (Wildman–Crippen LogP) is 16.6. The van der Waals surface area contributed by atoms with E-state index in [0.29, 0.717) is 23.7 Å². The lowest BCUT2D eigenvalue weighted by atomic mass is 9.64. The third kappa shape index (κ3) is 6.04. The normalized spacial score (nSPS) is 17.2. The molecule has 0 saturated carbocycles. The molecule has 0 N–H and O–H groups in total. The largest absolute Gasteiger partial charge is 0.340 e. The van der Waals surface area contributed by atoms with Crippen molar-refractivity contribution in [2.75, 3.05) is 9.80 Å². The topological polar surface area (TPSA) is 6.48 Å². The molecule has 62 heavy (non-hydrogen) atoms. The number of hydrogen-bond acceptors (Lipinski definition) is 2. The Morgan fingerprint density at radius 3 is 1.37 bits per heavy atom. The summed E-state index contributed by atoms with van der Waals surface area (Å²) in [5.41, 5.74) is 21.3. The van der Waals surface area contributed by atoms with Gasteiger partial charge in [0, 0.05) is 23.5 Å². The number of nitrogens with zero attached hydrogens (tertiary/aromatic N) is 2. The average Bonchev–Trinajstić information content (AvgIpc) is 3.59. The molecule has 0 fully saturated rings. The van der Waals surface area contributed by atoms with Gasteiger partial charge in [-0.3, -0.25) is 0 Å². The molecule has 0 radical (unpaired) electrons. The lowest BCUT2D eigenvalue weighted by Crippen LogP contribution is -2.36. The third-order valence-corrected chi connectivity index (χ3v) is 14.3. The SMILES string of the molecule is CC(C)c1cccc(C(C)C)c1C1CC=CN(c2c(C(C)C)cccc2C(C)C)C1c1ccc(N2c3ccccc3C3(c4ccccc4-c4ccccc43)c3ccccc32)cc1. The van der Waals surface area contributed by atoms with Crippen LogP contribution in [0.25, 0.3) is 11.1 Å². The number of para-hydroxylation sites is 3. The number of rotatable bonds is 8. The molecule has 0 amide bonds. The van der Waals surface area contributed by atoms with Crippen molar-refractivity contribution in [1.82, 2.24) is 0 Å². The van der Waals surface area contributed by atoms with Gasteiger partial charge in [0.15, 0.2) is 0 Å². The fourth-order valence-electron chi connectivity index (χ4n) is 11.6. The smallest absolute Gasteiger partial charge is 0.0754 e. The number of anilines is 4. The Morgan fingerprint density at radius 1 is 0.452 bits per heavy atom. The summed E-state index contributed by atoms with van der Waals surface area (Å²) >= 11 is 0. The quantitative estimate of drug-likeness (QED) is 0.151. The molecule has 7 aromatic carbocycles. The zero-order chi connectivity index (χ0) is 42.9. The Hall–Kier alpha value is -6.12. The Balaban J connectivity index is 1.17. The minimum Gasteiger partial charge on any atom is -0.340 e. The van der Waals surface area contributed by atoms with Gasteiger partial charge in [0.1, 0.15) is 0 Å². The van der Waals surface area contributed by atoms with Gasteiger partial charge in [-0.25, -0.2) is 0 Å². The first-order valence-electron chi connectivity index (χ1n) is 23.1. The van der Waals surface area contributed by atoms with Crippen molar-refractivity contribution in [2.45, 2.75) is 103 Å². The Morgan fingerprint density at radius 2 is 0.887 bits per heavy atom. The summed E-state index contributed by atoms with van der Waals surface area (Å²) in [4.78, 5) is 5.20. The van der Waals surface area contributed by atoms with E-state index in [1.165, 1.54) is 89.5 Å². The summed E-state index contributed by atoms with van der Waals surface area (Å²) in [6.07, 6.45) is 5.86. The Labute approximate surface area is 370 Å². The predicted molar refractivity (Wildman–Crippen MR) is 263 cm³/mol. The fourth-order valence-corrected chi connectivity index (χ4v) is 11.6. The number of benzene rings is 7. The maximum absolute atomic E-state index is 2.68. The zero-order valence-electron chi connectivity index (χ0n) is 37.7. The summed E-state index contributed by atoms with van der Waals surface area (Å²) in [7, 11) is 0. The molecule has 310 valence electrons. The first-order valence-corrected chi connectivity index (χ1v) is 23.1. The van der Waals surface area contributed by atoms with Crippen molar-refractivity contribution < 1.29 is 0 Å². The van der Waals surface area contributed by atoms with Gasteiger partial charge in [-0.05, 0) is 121 Å². The van der Waals surface area contributed by atoms with Crippen LogP contribution in [0.15, 0.2) is 170 Å².